The fraction of sp³-hybridized carbons (Fsp3) is 0.417. The minimum absolute atomic E-state index is 0.0773. The molecule has 0 unspecified atom stereocenters. The van der Waals surface area contributed by atoms with Crippen LogP contribution in [-0.4, -0.2) is 24.7 Å². The van der Waals surface area contributed by atoms with E-state index in [0.29, 0.717) is 11.3 Å². The third kappa shape index (κ3) is 5.87. The fourth-order valence-electron chi connectivity index (χ4n) is 1.32. The highest BCUT2D eigenvalue weighted by molar-refractivity contribution is 8.00. The van der Waals surface area contributed by atoms with Gasteiger partial charge in [0, 0.05) is 4.90 Å². The first kappa shape index (κ1) is 15.7. The van der Waals surface area contributed by atoms with Crippen LogP contribution in [0.2, 0.25) is 0 Å². The van der Waals surface area contributed by atoms with Gasteiger partial charge in [0.1, 0.15) is 5.75 Å². The quantitative estimate of drug-likeness (QED) is 0.614. The smallest absolute Gasteiger partial charge is 0.446 e. The van der Waals surface area contributed by atoms with Gasteiger partial charge < -0.3 is 9.47 Å². The third-order valence-electron chi connectivity index (χ3n) is 2.03. The molecule has 0 saturated carbocycles. The van der Waals surface area contributed by atoms with Gasteiger partial charge in [0.25, 0.3) is 0 Å². The molecule has 0 amide bonds. The Morgan fingerprint density at radius 1 is 1.37 bits per heavy atom. The van der Waals surface area contributed by atoms with E-state index in [2.05, 4.69) is 4.74 Å². The Morgan fingerprint density at radius 3 is 2.58 bits per heavy atom. The van der Waals surface area contributed by atoms with Crippen LogP contribution in [0.25, 0.3) is 0 Å². The first-order valence-corrected chi connectivity index (χ1v) is 6.28. The van der Waals surface area contributed by atoms with E-state index in [1.165, 1.54) is 18.2 Å². The minimum atomic E-state index is -4.32. The van der Waals surface area contributed by atoms with Gasteiger partial charge in [0.15, 0.2) is 6.61 Å². The lowest BCUT2D eigenvalue weighted by atomic mass is 10.2. The summed E-state index contributed by atoms with van der Waals surface area (Å²) in [5.74, 6) is -0.157. The molecule has 19 heavy (non-hydrogen) atoms. The minimum Gasteiger partial charge on any atom is -0.482 e. The lowest BCUT2D eigenvalue weighted by Crippen LogP contribution is -2.14. The van der Waals surface area contributed by atoms with Crippen LogP contribution >= 0.6 is 11.8 Å². The number of hydrogen-bond donors (Lipinski definition) is 0. The summed E-state index contributed by atoms with van der Waals surface area (Å²) in [6.07, 6.45) is 0. The Balaban J connectivity index is 2.64. The maximum absolute atomic E-state index is 12.2. The summed E-state index contributed by atoms with van der Waals surface area (Å²) in [5, 5.41) is 0. The maximum atomic E-state index is 12.2. The molecule has 0 atom stereocenters. The zero-order valence-corrected chi connectivity index (χ0v) is 11.2. The molecule has 0 saturated heterocycles. The van der Waals surface area contributed by atoms with Gasteiger partial charge >= 0.3 is 11.5 Å². The molecule has 0 N–H and O–H groups in total. The summed E-state index contributed by atoms with van der Waals surface area (Å²) in [4.78, 5) is 11.2. The van der Waals surface area contributed by atoms with Crippen molar-refractivity contribution in [3.05, 3.63) is 23.8 Å². The van der Waals surface area contributed by atoms with E-state index in [9.17, 15) is 18.0 Å². The van der Waals surface area contributed by atoms with Gasteiger partial charge in [0.2, 0.25) is 0 Å². The van der Waals surface area contributed by atoms with Gasteiger partial charge in [-0.1, -0.05) is 0 Å². The molecular weight excluding hydrogens is 281 g/mol. The molecule has 1 rings (SSSR count). The van der Waals surface area contributed by atoms with Crippen LogP contribution in [0.3, 0.4) is 0 Å². The number of esters is 1. The molecule has 0 heterocycles. The molecular formula is C12H13F3O3S. The standard InChI is InChI=1S/C12H13F3O3S/c1-3-17-11(16)7-18-10-5-4-9(6-8(10)2)19-12(13,14)15/h4-6H,3,7H2,1-2H3. The van der Waals surface area contributed by atoms with E-state index in [4.69, 9.17) is 4.74 Å². The highest BCUT2D eigenvalue weighted by atomic mass is 32.2. The zero-order chi connectivity index (χ0) is 14.5. The topological polar surface area (TPSA) is 35.5 Å². The van der Waals surface area contributed by atoms with Crippen LogP contribution in [-0.2, 0) is 9.53 Å². The number of benzene rings is 1. The molecule has 7 heteroatoms. The number of carbonyl (C=O) groups is 1. The second-order valence-corrected chi connectivity index (χ2v) is 4.71. The molecule has 0 aliphatic rings. The van der Waals surface area contributed by atoms with Crippen molar-refractivity contribution in [2.75, 3.05) is 13.2 Å². The van der Waals surface area contributed by atoms with Crippen molar-refractivity contribution in [1.82, 2.24) is 0 Å². The van der Waals surface area contributed by atoms with Crippen molar-refractivity contribution in [1.29, 1.82) is 0 Å². The van der Waals surface area contributed by atoms with E-state index in [0.717, 1.165) is 0 Å². The second-order valence-electron chi connectivity index (χ2n) is 3.57. The van der Waals surface area contributed by atoms with Crippen LogP contribution in [0.5, 0.6) is 5.75 Å². The van der Waals surface area contributed by atoms with Crippen molar-refractivity contribution >= 4 is 17.7 Å². The summed E-state index contributed by atoms with van der Waals surface area (Å²) < 4.78 is 46.4. The molecule has 0 bridgehead atoms. The highest BCUT2D eigenvalue weighted by Gasteiger charge is 2.29. The summed E-state index contributed by atoms with van der Waals surface area (Å²) >= 11 is -0.191. The van der Waals surface area contributed by atoms with Crippen LogP contribution in [0, 0.1) is 6.92 Å². The fourth-order valence-corrected chi connectivity index (χ4v) is 1.96. The maximum Gasteiger partial charge on any atom is 0.446 e. The molecule has 1 aromatic carbocycles. The van der Waals surface area contributed by atoms with E-state index in [1.807, 2.05) is 0 Å². The predicted molar refractivity (Wildman–Crippen MR) is 65.2 cm³/mol. The Morgan fingerprint density at radius 2 is 2.05 bits per heavy atom. The van der Waals surface area contributed by atoms with Crippen LogP contribution in [0.1, 0.15) is 12.5 Å². The SMILES string of the molecule is CCOC(=O)COc1ccc(SC(F)(F)F)cc1C. The largest absolute Gasteiger partial charge is 0.482 e. The van der Waals surface area contributed by atoms with E-state index < -0.39 is 11.5 Å². The molecule has 0 aliphatic heterocycles. The monoisotopic (exact) mass is 294 g/mol. The summed E-state index contributed by atoms with van der Waals surface area (Å²) in [6, 6.07) is 4.06. The summed E-state index contributed by atoms with van der Waals surface area (Å²) in [6.45, 7) is 3.27. The summed E-state index contributed by atoms with van der Waals surface area (Å²) in [5.41, 5.74) is -3.79. The van der Waals surface area contributed by atoms with Crippen molar-refractivity contribution < 1.29 is 27.4 Å². The number of rotatable bonds is 5. The Bertz CT molecular complexity index is 446. The van der Waals surface area contributed by atoms with Crippen LogP contribution in [0.15, 0.2) is 23.1 Å². The normalized spacial score (nSPS) is 11.2. The van der Waals surface area contributed by atoms with Gasteiger partial charge in [0.05, 0.1) is 6.61 Å². The number of carbonyl (C=O) groups excluding carboxylic acids is 1. The van der Waals surface area contributed by atoms with E-state index in [1.54, 1.807) is 13.8 Å². The molecule has 1 aromatic rings. The number of aryl methyl sites for hydroxylation is 1. The van der Waals surface area contributed by atoms with Gasteiger partial charge in [-0.2, -0.15) is 13.2 Å². The van der Waals surface area contributed by atoms with Crippen LogP contribution < -0.4 is 4.74 Å². The van der Waals surface area contributed by atoms with Gasteiger partial charge in [-0.25, -0.2) is 4.79 Å². The number of hydrogen-bond acceptors (Lipinski definition) is 4. The number of thioether (sulfide) groups is 1. The zero-order valence-electron chi connectivity index (χ0n) is 10.4. The van der Waals surface area contributed by atoms with E-state index in [-0.39, 0.29) is 29.9 Å². The number of alkyl halides is 3. The Labute approximate surface area is 113 Å². The Kier molecular flexibility index (Phi) is 5.53. The van der Waals surface area contributed by atoms with Crippen molar-refractivity contribution in [2.45, 2.75) is 24.3 Å². The lowest BCUT2D eigenvalue weighted by Gasteiger charge is -2.11. The van der Waals surface area contributed by atoms with Crippen molar-refractivity contribution in [2.24, 2.45) is 0 Å². The molecule has 106 valence electrons. The first-order chi connectivity index (χ1) is 8.81. The average molecular weight is 294 g/mol. The van der Waals surface area contributed by atoms with Gasteiger partial charge in [-0.3, -0.25) is 0 Å². The summed E-state index contributed by atoms with van der Waals surface area (Å²) in [7, 11) is 0. The molecule has 0 aliphatic carbocycles. The number of ether oxygens (including phenoxy) is 2. The Hall–Kier alpha value is -1.37. The molecule has 0 fully saturated rings. The molecule has 0 aromatic heterocycles. The van der Waals surface area contributed by atoms with Crippen molar-refractivity contribution in [3.63, 3.8) is 0 Å². The second kappa shape index (κ2) is 6.70. The van der Waals surface area contributed by atoms with Crippen molar-refractivity contribution in [3.8, 4) is 5.75 Å². The molecule has 0 spiro atoms. The predicted octanol–water partition coefficient (Wildman–Crippen LogP) is 3.55. The number of halogens is 3. The lowest BCUT2D eigenvalue weighted by molar-refractivity contribution is -0.145. The third-order valence-corrected chi connectivity index (χ3v) is 2.75. The average Bonchev–Trinajstić information content (AvgIpc) is 2.26. The van der Waals surface area contributed by atoms with Gasteiger partial charge in [-0.15, -0.1) is 0 Å². The molecule has 3 nitrogen and oxygen atoms in total. The first-order valence-electron chi connectivity index (χ1n) is 5.46. The van der Waals surface area contributed by atoms with Gasteiger partial charge in [-0.05, 0) is 49.4 Å². The van der Waals surface area contributed by atoms with Crippen LogP contribution in [0.4, 0.5) is 13.2 Å². The molecule has 0 radical (unpaired) electrons. The highest BCUT2D eigenvalue weighted by Crippen LogP contribution is 2.38. The van der Waals surface area contributed by atoms with E-state index >= 15 is 0 Å².